The van der Waals surface area contributed by atoms with Gasteiger partial charge >= 0.3 is 5.97 Å². The van der Waals surface area contributed by atoms with Crippen LogP contribution in [0, 0.1) is 24.7 Å². The van der Waals surface area contributed by atoms with Crippen molar-refractivity contribution in [2.45, 2.75) is 139 Å². The molecule has 4 heterocycles. The van der Waals surface area contributed by atoms with Crippen LogP contribution in [0.2, 0.25) is 0 Å². The van der Waals surface area contributed by atoms with Gasteiger partial charge in [0.1, 0.15) is 41.0 Å². The zero-order valence-electron chi connectivity index (χ0n) is 33.7. The number of fused-ring (bicyclic) bond motifs is 5. The maximum absolute atomic E-state index is 16.8. The Morgan fingerprint density at radius 1 is 1.12 bits per heavy atom. The summed E-state index contributed by atoms with van der Waals surface area (Å²) in [5.74, 6) is -3.01. The number of benzene rings is 1. The van der Waals surface area contributed by atoms with E-state index in [0.717, 1.165) is 12.8 Å². The van der Waals surface area contributed by atoms with Gasteiger partial charge in [0.2, 0.25) is 21.8 Å². The Hall–Kier alpha value is -4.27. The van der Waals surface area contributed by atoms with Crippen LogP contribution in [0.15, 0.2) is 30.4 Å². The number of rotatable bonds is 8. The van der Waals surface area contributed by atoms with E-state index in [9.17, 15) is 27.6 Å². The van der Waals surface area contributed by atoms with Crippen LogP contribution in [0.25, 0.3) is 10.9 Å². The van der Waals surface area contributed by atoms with Crippen LogP contribution in [0.3, 0.4) is 0 Å². The topological polar surface area (TPSA) is 170 Å². The number of ether oxygens (including phenoxy) is 3. The minimum absolute atomic E-state index is 0.0613. The van der Waals surface area contributed by atoms with Crippen molar-refractivity contribution in [1.29, 1.82) is 0 Å². The lowest BCUT2D eigenvalue weighted by Crippen LogP contribution is -2.57. The highest BCUT2D eigenvalue weighted by Crippen LogP contribution is 2.52. The molecule has 0 unspecified atom stereocenters. The predicted octanol–water partition coefficient (Wildman–Crippen LogP) is 5.67. The van der Waals surface area contributed by atoms with E-state index in [-0.39, 0.29) is 50.0 Å². The molecule has 3 amide bonds. The molecule has 3 aliphatic heterocycles. The number of esters is 1. The van der Waals surface area contributed by atoms with Crippen LogP contribution in [0.1, 0.15) is 116 Å². The normalized spacial score (nSPS) is 30.8. The molecular weight excluding hydrogens is 756 g/mol. The van der Waals surface area contributed by atoms with Gasteiger partial charge in [-0.05, 0) is 83.4 Å². The number of sulfonamides is 1. The summed E-state index contributed by atoms with van der Waals surface area (Å²) in [6.45, 7) is 8.80. The summed E-state index contributed by atoms with van der Waals surface area (Å²) in [4.78, 5) is 62.9. The lowest BCUT2D eigenvalue weighted by atomic mass is 9.86. The molecule has 1 spiro atoms. The molecule has 57 heavy (non-hydrogen) atoms. The molecule has 3 fully saturated rings. The van der Waals surface area contributed by atoms with Gasteiger partial charge in [0.15, 0.2) is 0 Å². The fourth-order valence-corrected chi connectivity index (χ4v) is 9.87. The van der Waals surface area contributed by atoms with E-state index in [1.54, 1.807) is 39.0 Å². The summed E-state index contributed by atoms with van der Waals surface area (Å²) in [5.41, 5.74) is -1.62. The summed E-state index contributed by atoms with van der Waals surface area (Å²) in [6.07, 6.45) is 5.58. The Balaban J connectivity index is 1.25. The molecular formula is C42H55FN4O9S. The Kier molecular flexibility index (Phi) is 10.9. The van der Waals surface area contributed by atoms with Gasteiger partial charge in [-0.25, -0.2) is 17.8 Å². The fourth-order valence-electron chi connectivity index (χ4n) is 8.56. The molecule has 13 nitrogen and oxygen atoms in total. The molecule has 2 saturated carbocycles. The molecule has 7 atom stereocenters. The average Bonchev–Trinajstić information content (AvgIpc) is 4.04. The van der Waals surface area contributed by atoms with E-state index < -0.39 is 73.7 Å². The van der Waals surface area contributed by atoms with Gasteiger partial charge in [0.25, 0.3) is 5.91 Å². The number of pyridine rings is 1. The van der Waals surface area contributed by atoms with Crippen molar-refractivity contribution in [1.82, 2.24) is 19.9 Å². The second kappa shape index (κ2) is 15.2. The third-order valence-corrected chi connectivity index (χ3v) is 15.1. The quantitative estimate of drug-likeness (QED) is 0.250. The summed E-state index contributed by atoms with van der Waals surface area (Å²) in [6, 6.07) is 3.98. The third-order valence-electron chi connectivity index (χ3n) is 12.9. The lowest BCUT2D eigenvalue weighted by Gasteiger charge is -2.38. The number of nitrogens with zero attached hydrogens (tertiary/aromatic N) is 2. The Morgan fingerprint density at radius 2 is 1.88 bits per heavy atom. The summed E-state index contributed by atoms with van der Waals surface area (Å²) in [7, 11) is -2.51. The van der Waals surface area contributed by atoms with Crippen LogP contribution in [-0.4, -0.2) is 83.7 Å². The predicted molar refractivity (Wildman–Crippen MR) is 209 cm³/mol. The maximum atomic E-state index is 16.8. The first-order chi connectivity index (χ1) is 26.9. The zero-order valence-corrected chi connectivity index (χ0v) is 34.5. The first kappa shape index (κ1) is 40.9. The van der Waals surface area contributed by atoms with Crippen LogP contribution < -0.4 is 19.5 Å². The molecule has 2 aromatic rings. The maximum Gasteiger partial charge on any atom is 0.306 e. The molecule has 1 aromatic carbocycles. The average molecular weight is 811 g/mol. The van der Waals surface area contributed by atoms with Crippen LogP contribution in [0.5, 0.6) is 11.5 Å². The third kappa shape index (κ3) is 7.84. The number of carbonyl (C=O) groups excluding carboxylic acids is 4. The standard InChI is InChI=1S/C42H55FN4O9S/c1-24(2)26(4)55-34(48)18-27-12-10-8-7-9-11-13-28-20-42(28,39(51)46-57(52,53)40(5)16-17-40)45-37(49)33-22-41(23-47(33)38(27)50)21-31(43)35-30-19-29(54-6)14-15-32(30)44-25(3)36(35)56-41/h11,13-15,19,24,26-28,31,33H,7-10,12,16-18,20-23H2,1-6H3,(H,45,49)(H,46,51)/b13-11-/t26-,27+,28+,31+,33-,41+,42+/m0/s1. The molecule has 2 aliphatic carbocycles. The van der Waals surface area contributed by atoms with Gasteiger partial charge < -0.3 is 24.4 Å². The number of carbonyl (C=O) groups is 4. The van der Waals surface area contributed by atoms with Crippen molar-refractivity contribution in [3.05, 3.63) is 41.6 Å². The van der Waals surface area contributed by atoms with E-state index >= 15 is 4.39 Å². The van der Waals surface area contributed by atoms with Crippen molar-refractivity contribution >= 4 is 44.6 Å². The Labute approximate surface area is 333 Å². The van der Waals surface area contributed by atoms with Gasteiger partial charge in [-0.1, -0.05) is 38.8 Å². The van der Waals surface area contributed by atoms with E-state index in [4.69, 9.17) is 19.2 Å². The monoisotopic (exact) mass is 810 g/mol. The molecule has 310 valence electrons. The van der Waals surface area contributed by atoms with Crippen molar-refractivity contribution in [3.8, 4) is 11.5 Å². The smallest absolute Gasteiger partial charge is 0.306 e. The van der Waals surface area contributed by atoms with Gasteiger partial charge in [0, 0.05) is 35.6 Å². The highest BCUT2D eigenvalue weighted by molar-refractivity contribution is 7.91. The van der Waals surface area contributed by atoms with Gasteiger partial charge in [-0.15, -0.1) is 0 Å². The molecule has 15 heteroatoms. The summed E-state index contributed by atoms with van der Waals surface area (Å²) in [5, 5.41) is 3.42. The summed E-state index contributed by atoms with van der Waals surface area (Å²) < 4.78 is 62.3. The zero-order chi connectivity index (χ0) is 41.1. The largest absolute Gasteiger partial charge is 0.497 e. The number of aryl methyl sites for hydroxylation is 1. The number of amides is 3. The fraction of sp³-hybridized carbons (Fsp3) is 0.643. The summed E-state index contributed by atoms with van der Waals surface area (Å²) >= 11 is 0. The molecule has 0 bridgehead atoms. The molecule has 1 aromatic heterocycles. The molecule has 0 radical (unpaired) electrons. The Morgan fingerprint density at radius 3 is 2.58 bits per heavy atom. The highest BCUT2D eigenvalue weighted by Gasteiger charge is 2.64. The second-order valence-electron chi connectivity index (χ2n) is 17.5. The van der Waals surface area contributed by atoms with Crippen molar-refractivity contribution < 1.29 is 46.2 Å². The number of hydrogen-bond acceptors (Lipinski definition) is 10. The minimum Gasteiger partial charge on any atom is -0.497 e. The minimum atomic E-state index is -4.03. The van der Waals surface area contributed by atoms with E-state index in [0.29, 0.717) is 60.0 Å². The lowest BCUT2D eigenvalue weighted by molar-refractivity contribution is -0.155. The van der Waals surface area contributed by atoms with Crippen molar-refractivity contribution in [2.24, 2.45) is 17.8 Å². The Bertz CT molecular complexity index is 2100. The van der Waals surface area contributed by atoms with Crippen LogP contribution in [-0.2, 0) is 33.9 Å². The number of aromatic nitrogens is 1. The number of halogens is 1. The van der Waals surface area contributed by atoms with Crippen molar-refractivity contribution in [3.63, 3.8) is 0 Å². The number of hydrogen-bond donors (Lipinski definition) is 2. The number of alkyl halides is 1. The van der Waals surface area contributed by atoms with E-state index in [1.165, 1.54) is 12.0 Å². The highest BCUT2D eigenvalue weighted by atomic mass is 32.2. The van der Waals surface area contributed by atoms with Gasteiger partial charge in [0.05, 0.1) is 36.0 Å². The van der Waals surface area contributed by atoms with Crippen LogP contribution >= 0.6 is 0 Å². The number of methoxy groups -OCH3 is 1. The number of allylic oxidation sites excluding steroid dienone is 1. The first-order valence-electron chi connectivity index (χ1n) is 20.3. The molecule has 1 saturated heterocycles. The molecule has 5 aliphatic rings. The van der Waals surface area contributed by atoms with Crippen LogP contribution in [0.4, 0.5) is 4.39 Å². The van der Waals surface area contributed by atoms with E-state index in [1.807, 2.05) is 26.0 Å². The molecule has 7 rings (SSSR count). The first-order valence-corrected chi connectivity index (χ1v) is 21.8. The van der Waals surface area contributed by atoms with Gasteiger partial charge in [-0.2, -0.15) is 0 Å². The number of nitrogens with one attached hydrogen (secondary N) is 2. The second-order valence-corrected chi connectivity index (χ2v) is 19.7. The SMILES string of the molecule is COc1ccc2nc(C)c3c(c2c1)[C@H](F)C[C@]1(C[C@H]2C(=O)N[C@]4(C(=O)NS(=O)(=O)C5(C)CC5)C[C@H]4/C=C\CCCCC[C@H](CC(=O)O[C@@H](C)C(C)C)C(=O)N2C1)O3. The van der Waals surface area contributed by atoms with Gasteiger partial charge in [-0.3, -0.25) is 23.9 Å². The molecule has 2 N–H and O–H groups in total. The van der Waals surface area contributed by atoms with E-state index in [2.05, 4.69) is 10.0 Å². The van der Waals surface area contributed by atoms with Crippen molar-refractivity contribution in [2.75, 3.05) is 13.7 Å².